The van der Waals surface area contributed by atoms with E-state index in [1.165, 1.54) is 6.07 Å². The molecule has 32 heavy (non-hydrogen) atoms. The Morgan fingerprint density at radius 2 is 2.00 bits per heavy atom. The predicted molar refractivity (Wildman–Crippen MR) is 112 cm³/mol. The number of rotatable bonds is 5. The van der Waals surface area contributed by atoms with Gasteiger partial charge in [0.2, 0.25) is 5.43 Å². The van der Waals surface area contributed by atoms with E-state index in [1.807, 2.05) is 11.8 Å². The number of nitrogens with zero attached hydrogens (tertiary/aromatic N) is 3. The maximum atomic E-state index is 14.0. The number of aromatic hydroxyl groups is 1. The molecule has 1 aromatic carbocycles. The van der Waals surface area contributed by atoms with Crippen LogP contribution in [0.3, 0.4) is 0 Å². The highest BCUT2D eigenvalue weighted by molar-refractivity contribution is 6.00. The zero-order valence-corrected chi connectivity index (χ0v) is 18.0. The highest BCUT2D eigenvalue weighted by Crippen LogP contribution is 2.43. The first-order chi connectivity index (χ1) is 15.1. The lowest BCUT2D eigenvalue weighted by Gasteiger charge is -2.33. The van der Waals surface area contributed by atoms with Crippen LogP contribution in [0.25, 0.3) is 0 Å². The van der Waals surface area contributed by atoms with Gasteiger partial charge in [-0.25, -0.2) is 8.78 Å². The molecule has 1 aromatic heterocycles. The molecule has 0 saturated carbocycles. The van der Waals surface area contributed by atoms with Gasteiger partial charge in [0.05, 0.1) is 17.8 Å². The molecule has 10 heteroatoms. The van der Waals surface area contributed by atoms with E-state index < -0.39 is 34.6 Å². The Hall–Kier alpha value is -3.27. The summed E-state index contributed by atoms with van der Waals surface area (Å²) in [7, 11) is 3.61. The molecule has 0 fully saturated rings. The Kier molecular flexibility index (Phi) is 5.49. The highest BCUT2D eigenvalue weighted by atomic mass is 19.1. The average Bonchev–Trinajstić information content (AvgIpc) is 3.11. The molecule has 170 valence electrons. The van der Waals surface area contributed by atoms with Crippen molar-refractivity contribution in [1.29, 1.82) is 0 Å². The average molecular weight is 446 g/mol. The number of aromatic nitrogens is 1. The number of hydrogen-bond acceptors (Lipinski definition) is 5. The summed E-state index contributed by atoms with van der Waals surface area (Å²) in [6.45, 7) is 2.38. The number of halogens is 2. The Balaban J connectivity index is 1.80. The van der Waals surface area contributed by atoms with E-state index >= 15 is 0 Å². The maximum absolute atomic E-state index is 14.0. The topological polar surface area (TPSA) is 94.9 Å². The van der Waals surface area contributed by atoms with Crippen molar-refractivity contribution in [2.24, 2.45) is 0 Å². The number of likely N-dealkylation sites (N-methyl/N-ethyl adjacent to an activating group) is 1. The fraction of sp³-hybridized carbons (Fsp3) is 0.409. The monoisotopic (exact) mass is 446 g/mol. The van der Waals surface area contributed by atoms with E-state index in [9.17, 15) is 28.3 Å². The highest BCUT2D eigenvalue weighted by Gasteiger charge is 2.45. The molecular weight excluding hydrogens is 422 g/mol. The third kappa shape index (κ3) is 3.35. The van der Waals surface area contributed by atoms with Crippen molar-refractivity contribution in [3.8, 4) is 5.75 Å². The summed E-state index contributed by atoms with van der Waals surface area (Å²) in [4.78, 5) is 42.5. The zero-order chi connectivity index (χ0) is 23.3. The normalized spacial score (nSPS) is 19.4. The number of amides is 2. The lowest BCUT2D eigenvalue weighted by atomic mass is 10.0. The van der Waals surface area contributed by atoms with E-state index in [0.29, 0.717) is 31.3 Å². The van der Waals surface area contributed by atoms with Gasteiger partial charge in [0.1, 0.15) is 17.2 Å². The number of pyridine rings is 1. The van der Waals surface area contributed by atoms with Gasteiger partial charge in [-0.05, 0) is 33.5 Å². The molecule has 0 bridgehead atoms. The van der Waals surface area contributed by atoms with Gasteiger partial charge < -0.3 is 24.8 Å². The largest absolute Gasteiger partial charge is 0.503 e. The zero-order valence-electron chi connectivity index (χ0n) is 18.0. The predicted octanol–water partition coefficient (Wildman–Crippen LogP) is 1.79. The lowest BCUT2D eigenvalue weighted by Crippen LogP contribution is -2.44. The minimum atomic E-state index is -0.942. The van der Waals surface area contributed by atoms with Gasteiger partial charge in [-0.2, -0.15) is 0 Å². The van der Waals surface area contributed by atoms with Crippen molar-refractivity contribution in [3.05, 3.63) is 62.6 Å². The molecule has 0 aliphatic carbocycles. The van der Waals surface area contributed by atoms with Crippen LogP contribution in [-0.4, -0.2) is 58.5 Å². The summed E-state index contributed by atoms with van der Waals surface area (Å²) >= 11 is 0. The molecule has 2 N–H and O–H groups in total. The van der Waals surface area contributed by atoms with Crippen molar-refractivity contribution >= 4 is 11.8 Å². The number of carbonyl (C=O) groups excluding carboxylic acids is 2. The van der Waals surface area contributed by atoms with Gasteiger partial charge in [-0.15, -0.1) is 0 Å². The van der Waals surface area contributed by atoms with Crippen molar-refractivity contribution in [1.82, 2.24) is 19.7 Å². The van der Waals surface area contributed by atoms with Crippen LogP contribution in [0.2, 0.25) is 0 Å². The quantitative estimate of drug-likeness (QED) is 0.730. The molecule has 2 atom stereocenters. The first-order valence-electron chi connectivity index (χ1n) is 10.3. The number of nitrogens with one attached hydrogen (secondary N) is 1. The van der Waals surface area contributed by atoms with E-state index in [4.69, 9.17) is 0 Å². The van der Waals surface area contributed by atoms with Crippen LogP contribution >= 0.6 is 0 Å². The Labute approximate surface area is 183 Å². The Morgan fingerprint density at radius 3 is 2.62 bits per heavy atom. The fourth-order valence-electron chi connectivity index (χ4n) is 4.60. The summed E-state index contributed by atoms with van der Waals surface area (Å²) in [6.07, 6.45) is 0.555. The molecule has 0 saturated heterocycles. The molecule has 2 aliphatic rings. The second kappa shape index (κ2) is 8.01. The van der Waals surface area contributed by atoms with E-state index in [0.717, 1.165) is 6.07 Å². The van der Waals surface area contributed by atoms with Crippen molar-refractivity contribution in [2.45, 2.75) is 32.0 Å². The molecule has 2 aliphatic heterocycles. The summed E-state index contributed by atoms with van der Waals surface area (Å²) in [5.74, 6) is -3.58. The third-order valence-corrected chi connectivity index (χ3v) is 6.21. The summed E-state index contributed by atoms with van der Waals surface area (Å²) in [6, 6.07) is 2.45. The van der Waals surface area contributed by atoms with Crippen LogP contribution in [0.1, 0.15) is 57.5 Å². The van der Waals surface area contributed by atoms with Gasteiger partial charge >= 0.3 is 0 Å². The van der Waals surface area contributed by atoms with Crippen molar-refractivity contribution < 1.29 is 23.5 Å². The van der Waals surface area contributed by atoms with Gasteiger partial charge in [0.15, 0.2) is 11.4 Å². The summed E-state index contributed by atoms with van der Waals surface area (Å²) in [5.41, 5.74) is -0.906. The van der Waals surface area contributed by atoms with Gasteiger partial charge in [-0.3, -0.25) is 14.4 Å². The Bertz CT molecular complexity index is 1180. The molecule has 4 rings (SSSR count). The third-order valence-electron chi connectivity index (χ3n) is 6.21. The molecule has 1 unspecified atom stereocenters. The summed E-state index contributed by atoms with van der Waals surface area (Å²) < 4.78 is 28.7. The number of carbonyl (C=O) groups is 2. The number of hydrogen-bond donors (Lipinski definition) is 2. The van der Waals surface area contributed by atoms with Crippen molar-refractivity contribution in [3.63, 3.8) is 0 Å². The minimum absolute atomic E-state index is 0.0502. The molecule has 2 amide bonds. The first-order valence-corrected chi connectivity index (χ1v) is 10.3. The SMILES string of the molecule is CCN1CC2C[C@@H](N(C)C)c3c(C(=O)NCc4ccc(F)cc4F)c(=O)c(O)c(n32)C1=O. The van der Waals surface area contributed by atoms with Crippen LogP contribution in [0.15, 0.2) is 23.0 Å². The van der Waals surface area contributed by atoms with E-state index in [-0.39, 0.29) is 35.4 Å². The molecule has 3 heterocycles. The minimum Gasteiger partial charge on any atom is -0.503 e. The molecule has 8 nitrogen and oxygen atoms in total. The van der Waals surface area contributed by atoms with Crippen molar-refractivity contribution in [2.75, 3.05) is 27.2 Å². The first kappa shape index (κ1) is 21.9. The van der Waals surface area contributed by atoms with Crippen LogP contribution in [0, 0.1) is 11.6 Å². The molecule has 0 radical (unpaired) electrons. The smallest absolute Gasteiger partial charge is 0.274 e. The standard InChI is InChI=1S/C22H24F2N4O4/c1-4-27-10-13-8-15(26(2)3)17-16(19(29)20(30)18(22(27)32)28(13)17)21(31)25-9-11-5-6-12(23)7-14(11)24/h5-7,13,15,30H,4,8-10H2,1-3H3,(H,25,31)/t13?,15-/m1/s1. The Morgan fingerprint density at radius 1 is 1.28 bits per heavy atom. The van der Waals surface area contributed by atoms with Crippen LogP contribution in [0.4, 0.5) is 8.78 Å². The molecular formula is C22H24F2N4O4. The maximum Gasteiger partial charge on any atom is 0.274 e. The fourth-order valence-corrected chi connectivity index (χ4v) is 4.60. The second-order valence-corrected chi connectivity index (χ2v) is 8.29. The van der Waals surface area contributed by atoms with Gasteiger partial charge in [-0.1, -0.05) is 6.07 Å². The van der Waals surface area contributed by atoms with Crippen LogP contribution in [-0.2, 0) is 6.54 Å². The summed E-state index contributed by atoms with van der Waals surface area (Å²) in [5, 5.41) is 13.1. The van der Waals surface area contributed by atoms with Crippen LogP contribution in [0.5, 0.6) is 5.75 Å². The molecule has 0 spiro atoms. The van der Waals surface area contributed by atoms with E-state index in [2.05, 4.69) is 5.32 Å². The molecule has 2 aromatic rings. The number of benzene rings is 1. The second-order valence-electron chi connectivity index (χ2n) is 8.29. The van der Waals surface area contributed by atoms with Crippen LogP contribution < -0.4 is 10.7 Å². The van der Waals surface area contributed by atoms with Gasteiger partial charge in [0.25, 0.3) is 11.8 Å². The van der Waals surface area contributed by atoms with E-state index in [1.54, 1.807) is 23.6 Å². The van der Waals surface area contributed by atoms with Gasteiger partial charge in [0, 0.05) is 31.3 Å². The lowest BCUT2D eigenvalue weighted by molar-refractivity contribution is 0.0673.